The van der Waals surface area contributed by atoms with Crippen molar-refractivity contribution in [3.8, 4) is 11.8 Å². The fraction of sp³-hybridized carbons (Fsp3) is 0.222. The molecule has 0 aliphatic carbocycles. The number of morpholine rings is 1. The van der Waals surface area contributed by atoms with E-state index in [0.29, 0.717) is 24.8 Å². The van der Waals surface area contributed by atoms with Gasteiger partial charge in [-0.3, -0.25) is 9.78 Å². The van der Waals surface area contributed by atoms with Gasteiger partial charge in [-0.25, -0.2) is 0 Å². The molecule has 3 rings (SSSR count). The molecule has 1 aliphatic rings. The van der Waals surface area contributed by atoms with E-state index in [2.05, 4.69) is 16.8 Å². The van der Waals surface area contributed by atoms with Gasteiger partial charge < -0.3 is 9.64 Å². The van der Waals surface area contributed by atoms with Gasteiger partial charge in [0, 0.05) is 28.9 Å². The van der Waals surface area contributed by atoms with E-state index in [1.165, 1.54) is 0 Å². The number of hydrogen-bond donors (Lipinski definition) is 0. The lowest BCUT2D eigenvalue weighted by Gasteiger charge is -2.32. The van der Waals surface area contributed by atoms with Crippen LogP contribution in [0, 0.1) is 11.8 Å². The second-order valence-corrected chi connectivity index (χ2v) is 5.60. The molecule has 5 heteroatoms. The predicted octanol–water partition coefficient (Wildman–Crippen LogP) is 2.66. The van der Waals surface area contributed by atoms with Crippen LogP contribution >= 0.6 is 11.6 Å². The molecule has 1 aromatic carbocycles. The molecule has 0 bridgehead atoms. The topological polar surface area (TPSA) is 42.4 Å². The molecule has 1 aromatic heterocycles. The third-order valence-corrected chi connectivity index (χ3v) is 3.84. The summed E-state index contributed by atoms with van der Waals surface area (Å²) in [5, 5.41) is 0.663. The van der Waals surface area contributed by atoms with E-state index in [1.807, 2.05) is 36.4 Å². The predicted molar refractivity (Wildman–Crippen MR) is 88.0 cm³/mol. The van der Waals surface area contributed by atoms with E-state index < -0.39 is 0 Å². The number of benzene rings is 1. The first-order valence-electron chi connectivity index (χ1n) is 7.28. The van der Waals surface area contributed by atoms with Gasteiger partial charge in [-0.1, -0.05) is 29.5 Å². The third kappa shape index (κ3) is 3.89. The highest BCUT2D eigenvalue weighted by molar-refractivity contribution is 6.30. The van der Waals surface area contributed by atoms with Crippen molar-refractivity contribution in [3.63, 3.8) is 0 Å². The lowest BCUT2D eigenvalue weighted by Crippen LogP contribution is -2.38. The summed E-state index contributed by atoms with van der Waals surface area (Å²) in [4.78, 5) is 17.2. The maximum absolute atomic E-state index is 11.1. The van der Waals surface area contributed by atoms with E-state index in [9.17, 15) is 4.79 Å². The van der Waals surface area contributed by atoms with Crippen molar-refractivity contribution in [3.05, 3.63) is 64.4 Å². The van der Waals surface area contributed by atoms with Gasteiger partial charge >= 0.3 is 0 Å². The molecule has 1 amide bonds. The van der Waals surface area contributed by atoms with E-state index in [1.54, 1.807) is 11.1 Å². The van der Waals surface area contributed by atoms with Gasteiger partial charge in [-0.15, -0.1) is 0 Å². The number of carbonyl (C=O) groups is 1. The summed E-state index contributed by atoms with van der Waals surface area (Å²) < 4.78 is 5.43. The van der Waals surface area contributed by atoms with E-state index in [4.69, 9.17) is 16.3 Å². The maximum atomic E-state index is 11.1. The summed E-state index contributed by atoms with van der Waals surface area (Å²) in [5.41, 5.74) is 2.47. The maximum Gasteiger partial charge on any atom is 0.210 e. The molecular formula is C18H15ClN2O2. The van der Waals surface area contributed by atoms with Gasteiger partial charge in [0.15, 0.2) is 0 Å². The van der Waals surface area contributed by atoms with E-state index >= 15 is 0 Å². The molecule has 1 unspecified atom stereocenters. The summed E-state index contributed by atoms with van der Waals surface area (Å²) in [7, 11) is 0. The Morgan fingerprint density at radius 3 is 2.87 bits per heavy atom. The van der Waals surface area contributed by atoms with Crippen LogP contribution < -0.4 is 0 Å². The lowest BCUT2D eigenvalue weighted by atomic mass is 10.1. The Balaban J connectivity index is 1.76. The number of pyridine rings is 1. The van der Waals surface area contributed by atoms with Crippen molar-refractivity contribution < 1.29 is 9.53 Å². The highest BCUT2D eigenvalue weighted by Gasteiger charge is 2.24. The standard InChI is InChI=1S/C18H15ClN2O2/c19-16-3-1-2-14(10-16)4-5-15-6-7-17(20-11-15)18-12-23-9-8-21(18)13-22/h1-3,6-7,10-11,13,18H,8-9,12H2. The van der Waals surface area contributed by atoms with Crippen LogP contribution in [-0.2, 0) is 9.53 Å². The molecular weight excluding hydrogens is 312 g/mol. The number of hydrogen-bond acceptors (Lipinski definition) is 3. The zero-order valence-corrected chi connectivity index (χ0v) is 13.2. The van der Waals surface area contributed by atoms with Crippen molar-refractivity contribution in [1.29, 1.82) is 0 Å². The number of halogens is 1. The molecule has 1 saturated heterocycles. The van der Waals surface area contributed by atoms with Crippen LogP contribution in [0.3, 0.4) is 0 Å². The first-order chi connectivity index (χ1) is 11.3. The quantitative estimate of drug-likeness (QED) is 0.629. The summed E-state index contributed by atoms with van der Waals surface area (Å²) in [5.74, 6) is 6.11. The summed E-state index contributed by atoms with van der Waals surface area (Å²) in [6.07, 6.45) is 2.56. The number of nitrogens with zero attached hydrogens (tertiary/aromatic N) is 2. The van der Waals surface area contributed by atoms with Crippen molar-refractivity contribution in [1.82, 2.24) is 9.88 Å². The lowest BCUT2D eigenvalue weighted by molar-refractivity contribution is -0.126. The Bertz CT molecular complexity index is 750. The van der Waals surface area contributed by atoms with Crippen LogP contribution in [-0.4, -0.2) is 36.1 Å². The first-order valence-corrected chi connectivity index (χ1v) is 7.66. The average Bonchev–Trinajstić information content (AvgIpc) is 2.60. The second-order valence-electron chi connectivity index (χ2n) is 5.17. The number of rotatable bonds is 2. The Labute approximate surface area is 140 Å². The molecule has 116 valence electrons. The summed E-state index contributed by atoms with van der Waals surface area (Å²) in [6.45, 7) is 1.63. The normalized spacial score (nSPS) is 17.3. The van der Waals surface area contributed by atoms with Gasteiger partial charge in [-0.05, 0) is 30.3 Å². The molecule has 1 fully saturated rings. The molecule has 2 heterocycles. The highest BCUT2D eigenvalue weighted by Crippen LogP contribution is 2.21. The number of ether oxygens (including phenoxy) is 1. The van der Waals surface area contributed by atoms with Crippen LogP contribution in [0.4, 0.5) is 0 Å². The van der Waals surface area contributed by atoms with Crippen LogP contribution in [0.5, 0.6) is 0 Å². The molecule has 1 atom stereocenters. The first kappa shape index (κ1) is 15.5. The van der Waals surface area contributed by atoms with Crippen LogP contribution in [0.1, 0.15) is 22.9 Å². The van der Waals surface area contributed by atoms with Gasteiger partial charge in [-0.2, -0.15) is 0 Å². The van der Waals surface area contributed by atoms with Gasteiger partial charge in [0.1, 0.15) is 0 Å². The minimum atomic E-state index is -0.129. The largest absolute Gasteiger partial charge is 0.377 e. The van der Waals surface area contributed by atoms with Crippen molar-refractivity contribution >= 4 is 18.0 Å². The van der Waals surface area contributed by atoms with Gasteiger partial charge in [0.05, 0.1) is 24.9 Å². The van der Waals surface area contributed by atoms with Crippen molar-refractivity contribution in [2.75, 3.05) is 19.8 Å². The Morgan fingerprint density at radius 1 is 1.26 bits per heavy atom. The van der Waals surface area contributed by atoms with Crippen LogP contribution in [0.15, 0.2) is 42.6 Å². The fourth-order valence-corrected chi connectivity index (χ4v) is 2.58. The van der Waals surface area contributed by atoms with Crippen molar-refractivity contribution in [2.45, 2.75) is 6.04 Å². The number of aromatic nitrogens is 1. The Kier molecular flexibility index (Phi) is 4.92. The van der Waals surface area contributed by atoms with Gasteiger partial charge in [0.25, 0.3) is 0 Å². The monoisotopic (exact) mass is 326 g/mol. The highest BCUT2D eigenvalue weighted by atomic mass is 35.5. The molecule has 0 spiro atoms. The molecule has 1 aliphatic heterocycles. The molecule has 23 heavy (non-hydrogen) atoms. The van der Waals surface area contributed by atoms with Crippen LogP contribution in [0.2, 0.25) is 5.02 Å². The molecule has 4 nitrogen and oxygen atoms in total. The average molecular weight is 327 g/mol. The molecule has 0 radical (unpaired) electrons. The van der Waals surface area contributed by atoms with E-state index in [0.717, 1.165) is 23.2 Å². The number of amides is 1. The zero-order chi connectivity index (χ0) is 16.1. The molecule has 2 aromatic rings. The fourth-order valence-electron chi connectivity index (χ4n) is 2.38. The Morgan fingerprint density at radius 2 is 2.13 bits per heavy atom. The zero-order valence-electron chi connectivity index (χ0n) is 12.4. The van der Waals surface area contributed by atoms with Crippen molar-refractivity contribution in [2.24, 2.45) is 0 Å². The molecule has 0 saturated carbocycles. The van der Waals surface area contributed by atoms with E-state index in [-0.39, 0.29) is 6.04 Å². The third-order valence-electron chi connectivity index (χ3n) is 3.61. The summed E-state index contributed by atoms with van der Waals surface area (Å²) in [6, 6.07) is 11.1. The van der Waals surface area contributed by atoms with Gasteiger partial charge in [0.2, 0.25) is 6.41 Å². The second kappa shape index (κ2) is 7.28. The SMILES string of the molecule is O=CN1CCOCC1c1ccc(C#Cc2cccc(Cl)c2)cn1. The minimum absolute atomic E-state index is 0.129. The smallest absolute Gasteiger partial charge is 0.210 e. The Hall–Kier alpha value is -2.35. The number of carbonyl (C=O) groups excluding carboxylic acids is 1. The minimum Gasteiger partial charge on any atom is -0.377 e. The summed E-state index contributed by atoms with van der Waals surface area (Å²) >= 11 is 5.94. The molecule has 0 N–H and O–H groups in total. The van der Waals surface area contributed by atoms with Crippen LogP contribution in [0.25, 0.3) is 0 Å².